The van der Waals surface area contributed by atoms with Crippen molar-refractivity contribution in [2.75, 3.05) is 11.1 Å². The molecule has 25 heavy (non-hydrogen) atoms. The third kappa shape index (κ3) is 3.77. The lowest BCUT2D eigenvalue weighted by Gasteiger charge is -2.12. The lowest BCUT2D eigenvalue weighted by molar-refractivity contribution is -0.113. The molecule has 0 unspecified atom stereocenters. The van der Waals surface area contributed by atoms with E-state index in [2.05, 4.69) is 15.5 Å². The van der Waals surface area contributed by atoms with Gasteiger partial charge in [0.25, 0.3) is 5.56 Å². The van der Waals surface area contributed by atoms with E-state index in [1.807, 2.05) is 26.2 Å². The van der Waals surface area contributed by atoms with E-state index >= 15 is 0 Å². The first-order valence-electron chi connectivity index (χ1n) is 7.60. The summed E-state index contributed by atoms with van der Waals surface area (Å²) >= 11 is 2.56. The molecule has 1 amide bonds. The van der Waals surface area contributed by atoms with Crippen molar-refractivity contribution in [3.05, 3.63) is 33.6 Å². The summed E-state index contributed by atoms with van der Waals surface area (Å²) in [6.45, 7) is 6.04. The molecule has 0 bridgehead atoms. The number of anilines is 1. The Labute approximate surface area is 152 Å². The summed E-state index contributed by atoms with van der Waals surface area (Å²) in [6, 6.07) is 3.52. The van der Waals surface area contributed by atoms with Crippen molar-refractivity contribution in [1.82, 2.24) is 14.7 Å². The lowest BCUT2D eigenvalue weighted by Crippen LogP contribution is -2.20. The number of hydrogen-bond acceptors (Lipinski definition) is 7. The molecule has 3 rings (SSSR count). The highest BCUT2D eigenvalue weighted by atomic mass is 32.2. The monoisotopic (exact) mass is 378 g/mol. The Morgan fingerprint density at radius 3 is 2.88 bits per heavy atom. The summed E-state index contributed by atoms with van der Waals surface area (Å²) in [7, 11) is 1.65. The molecule has 0 aliphatic rings. The zero-order valence-electron chi connectivity index (χ0n) is 14.3. The van der Waals surface area contributed by atoms with Crippen molar-refractivity contribution < 1.29 is 9.32 Å². The molecule has 0 radical (unpaired) electrons. The Bertz CT molecular complexity index is 981. The average Bonchev–Trinajstić information content (AvgIpc) is 3.18. The van der Waals surface area contributed by atoms with Crippen LogP contribution in [0.15, 0.2) is 32.0 Å². The van der Waals surface area contributed by atoms with Gasteiger partial charge in [0.1, 0.15) is 4.70 Å². The summed E-state index contributed by atoms with van der Waals surface area (Å²) in [5, 5.41) is 8.96. The average molecular weight is 378 g/mol. The SMILES string of the molecule is Cn1c(SCC(=O)Nc2cc(C(C)(C)C)no2)nc2ccsc2c1=O. The van der Waals surface area contributed by atoms with Gasteiger partial charge in [-0.1, -0.05) is 37.7 Å². The number of carbonyl (C=O) groups is 1. The van der Waals surface area contributed by atoms with Gasteiger partial charge in [-0.2, -0.15) is 0 Å². The molecule has 0 saturated carbocycles. The first-order valence-corrected chi connectivity index (χ1v) is 9.46. The fraction of sp³-hybridized carbons (Fsp3) is 0.375. The highest BCUT2D eigenvalue weighted by molar-refractivity contribution is 7.99. The van der Waals surface area contributed by atoms with Crippen molar-refractivity contribution in [2.24, 2.45) is 7.05 Å². The number of hydrogen-bond donors (Lipinski definition) is 1. The minimum Gasteiger partial charge on any atom is -0.338 e. The number of nitrogens with zero attached hydrogens (tertiary/aromatic N) is 3. The molecule has 0 aliphatic carbocycles. The molecule has 3 heterocycles. The smallest absolute Gasteiger partial charge is 0.271 e. The molecule has 0 aliphatic heterocycles. The Kier molecular flexibility index (Phi) is 4.70. The zero-order valence-corrected chi connectivity index (χ0v) is 16.0. The van der Waals surface area contributed by atoms with Gasteiger partial charge < -0.3 is 4.52 Å². The quantitative estimate of drug-likeness (QED) is 0.554. The van der Waals surface area contributed by atoms with Crippen molar-refractivity contribution >= 4 is 45.1 Å². The molecule has 1 N–H and O–H groups in total. The van der Waals surface area contributed by atoms with Gasteiger partial charge in [-0.3, -0.25) is 19.5 Å². The Balaban J connectivity index is 1.67. The van der Waals surface area contributed by atoms with Gasteiger partial charge in [0.2, 0.25) is 11.8 Å². The molecule has 7 nitrogen and oxygen atoms in total. The second kappa shape index (κ2) is 6.64. The highest BCUT2D eigenvalue weighted by Gasteiger charge is 2.20. The van der Waals surface area contributed by atoms with E-state index in [0.717, 1.165) is 5.69 Å². The molecule has 3 aromatic rings. The first kappa shape index (κ1) is 17.7. The van der Waals surface area contributed by atoms with Gasteiger partial charge in [0.05, 0.1) is 17.0 Å². The molecule has 132 valence electrons. The predicted molar refractivity (Wildman–Crippen MR) is 99.4 cm³/mol. The molecule has 0 atom stereocenters. The maximum atomic E-state index is 12.2. The maximum absolute atomic E-state index is 12.2. The number of thiophene rings is 1. The van der Waals surface area contributed by atoms with E-state index in [4.69, 9.17) is 4.52 Å². The van der Waals surface area contributed by atoms with E-state index in [1.54, 1.807) is 19.2 Å². The van der Waals surface area contributed by atoms with Gasteiger partial charge in [-0.15, -0.1) is 11.3 Å². The molecule has 0 aromatic carbocycles. The van der Waals surface area contributed by atoms with Crippen LogP contribution in [0.2, 0.25) is 0 Å². The van der Waals surface area contributed by atoms with Crippen LogP contribution in [0.5, 0.6) is 0 Å². The van der Waals surface area contributed by atoms with Crippen LogP contribution in [0, 0.1) is 0 Å². The van der Waals surface area contributed by atoms with Crippen LogP contribution in [0.4, 0.5) is 5.88 Å². The second-order valence-electron chi connectivity index (χ2n) is 6.56. The van der Waals surface area contributed by atoms with Crippen LogP contribution < -0.4 is 10.9 Å². The molecule has 0 fully saturated rings. The van der Waals surface area contributed by atoms with Crippen LogP contribution >= 0.6 is 23.1 Å². The number of rotatable bonds is 4. The van der Waals surface area contributed by atoms with Gasteiger partial charge in [-0.05, 0) is 11.4 Å². The van der Waals surface area contributed by atoms with Gasteiger partial charge in [0.15, 0.2) is 5.16 Å². The van der Waals surface area contributed by atoms with E-state index < -0.39 is 0 Å². The van der Waals surface area contributed by atoms with E-state index in [0.29, 0.717) is 21.3 Å². The van der Waals surface area contributed by atoms with Crippen molar-refractivity contribution in [3.63, 3.8) is 0 Å². The molecule has 0 spiro atoms. The van der Waals surface area contributed by atoms with Gasteiger partial charge in [0, 0.05) is 18.5 Å². The fourth-order valence-electron chi connectivity index (χ4n) is 2.09. The van der Waals surface area contributed by atoms with E-state index in [-0.39, 0.29) is 22.6 Å². The largest absolute Gasteiger partial charge is 0.338 e. The third-order valence-corrected chi connectivity index (χ3v) is 5.44. The summed E-state index contributed by atoms with van der Waals surface area (Å²) in [6.07, 6.45) is 0. The van der Waals surface area contributed by atoms with Crippen LogP contribution in [-0.4, -0.2) is 26.4 Å². The van der Waals surface area contributed by atoms with Crippen LogP contribution in [0.1, 0.15) is 26.5 Å². The van der Waals surface area contributed by atoms with Crippen molar-refractivity contribution in [2.45, 2.75) is 31.3 Å². The zero-order chi connectivity index (χ0) is 18.2. The van der Waals surface area contributed by atoms with Crippen LogP contribution in [0.3, 0.4) is 0 Å². The van der Waals surface area contributed by atoms with E-state index in [9.17, 15) is 9.59 Å². The predicted octanol–water partition coefficient (Wildman–Crippen LogP) is 3.01. The number of nitrogens with one attached hydrogen (secondary N) is 1. The summed E-state index contributed by atoms with van der Waals surface area (Å²) in [4.78, 5) is 28.8. The van der Waals surface area contributed by atoms with Crippen LogP contribution in [0.25, 0.3) is 10.2 Å². The van der Waals surface area contributed by atoms with E-state index in [1.165, 1.54) is 27.7 Å². The van der Waals surface area contributed by atoms with Crippen molar-refractivity contribution in [3.8, 4) is 0 Å². The molecule has 3 aromatic heterocycles. The summed E-state index contributed by atoms with van der Waals surface area (Å²) in [5.41, 5.74) is 1.16. The Hall–Kier alpha value is -2.13. The number of fused-ring (bicyclic) bond motifs is 1. The number of aromatic nitrogens is 3. The first-order chi connectivity index (χ1) is 11.8. The minimum absolute atomic E-state index is 0.104. The summed E-state index contributed by atoms with van der Waals surface area (Å²) in [5.74, 6) is 0.175. The number of amides is 1. The van der Waals surface area contributed by atoms with Gasteiger partial charge >= 0.3 is 0 Å². The topological polar surface area (TPSA) is 90.0 Å². The number of carbonyl (C=O) groups excluding carboxylic acids is 1. The maximum Gasteiger partial charge on any atom is 0.271 e. The standard InChI is InChI=1S/C16H18N4O3S2/c1-16(2,3)10-7-12(23-19-10)18-11(21)8-25-15-17-9-5-6-24-13(9)14(22)20(15)4/h5-7H,8H2,1-4H3,(H,18,21). The third-order valence-electron chi connectivity index (χ3n) is 3.52. The Morgan fingerprint density at radius 1 is 1.44 bits per heavy atom. The summed E-state index contributed by atoms with van der Waals surface area (Å²) < 4.78 is 7.22. The minimum atomic E-state index is -0.249. The lowest BCUT2D eigenvalue weighted by atomic mass is 9.92. The molecule has 0 saturated heterocycles. The number of thioether (sulfide) groups is 1. The van der Waals surface area contributed by atoms with Crippen molar-refractivity contribution in [1.29, 1.82) is 0 Å². The molecule has 9 heteroatoms. The molecular formula is C16H18N4O3S2. The van der Waals surface area contributed by atoms with Crippen LogP contribution in [-0.2, 0) is 17.3 Å². The second-order valence-corrected chi connectivity index (χ2v) is 8.42. The Morgan fingerprint density at radius 2 is 2.20 bits per heavy atom. The highest BCUT2D eigenvalue weighted by Crippen LogP contribution is 2.24. The fourth-order valence-corrected chi connectivity index (χ4v) is 3.67. The van der Waals surface area contributed by atoms with Gasteiger partial charge in [-0.25, -0.2) is 4.98 Å². The molecular weight excluding hydrogens is 360 g/mol. The normalized spacial score (nSPS) is 11.8.